The summed E-state index contributed by atoms with van der Waals surface area (Å²) in [6.07, 6.45) is 13.8. The molecule has 0 radical (unpaired) electrons. The Bertz CT molecular complexity index is 1030. The van der Waals surface area contributed by atoms with Gasteiger partial charge in [-0.05, 0) is 44.6 Å². The van der Waals surface area contributed by atoms with Crippen molar-refractivity contribution < 1.29 is 8.83 Å². The lowest BCUT2D eigenvalue weighted by Crippen LogP contribution is -1.93. The first-order valence-electron chi connectivity index (χ1n) is 12.1. The molecule has 2 heteroatoms. The monoisotopic (exact) mass is 430 g/mol. The first-order chi connectivity index (χ1) is 15.5. The largest absolute Gasteiger partial charge is 0.460 e. The van der Waals surface area contributed by atoms with E-state index in [2.05, 4.69) is 52.3 Å². The van der Waals surface area contributed by atoms with E-state index in [0.29, 0.717) is 0 Å². The highest BCUT2D eigenvalue weighted by molar-refractivity contribution is 5.97. The highest BCUT2D eigenvalue weighted by Gasteiger charge is 2.20. The number of rotatable bonds is 14. The van der Waals surface area contributed by atoms with E-state index in [4.69, 9.17) is 8.83 Å². The van der Waals surface area contributed by atoms with Crippen molar-refractivity contribution in [3.8, 4) is 0 Å². The van der Waals surface area contributed by atoms with Crippen LogP contribution in [-0.2, 0) is 25.7 Å². The molecule has 0 aliphatic carbocycles. The van der Waals surface area contributed by atoms with E-state index in [-0.39, 0.29) is 0 Å². The molecule has 0 N–H and O–H groups in total. The first kappa shape index (κ1) is 23.9. The fourth-order valence-electron chi connectivity index (χ4n) is 4.40. The van der Waals surface area contributed by atoms with Crippen LogP contribution in [0.5, 0.6) is 0 Å². The zero-order valence-corrected chi connectivity index (χ0v) is 20.0. The molecule has 0 fully saturated rings. The van der Waals surface area contributed by atoms with Crippen molar-refractivity contribution >= 4 is 21.9 Å². The molecule has 0 aliphatic rings. The van der Waals surface area contributed by atoms with Crippen molar-refractivity contribution in [2.75, 3.05) is 0 Å². The minimum atomic E-state index is 0.779. The van der Waals surface area contributed by atoms with Crippen LogP contribution in [0.4, 0.5) is 0 Å². The van der Waals surface area contributed by atoms with Gasteiger partial charge in [0, 0.05) is 40.8 Å². The number of hydrogen-bond acceptors (Lipinski definition) is 2. The third kappa shape index (κ3) is 5.35. The molecule has 3 rings (SSSR count). The zero-order chi connectivity index (χ0) is 23.1. The first-order valence-corrected chi connectivity index (χ1v) is 12.1. The Morgan fingerprint density at radius 3 is 1.56 bits per heavy atom. The van der Waals surface area contributed by atoms with E-state index in [0.717, 1.165) is 72.0 Å². The van der Waals surface area contributed by atoms with E-state index < -0.39 is 0 Å². The Hall–Kier alpha value is -2.74. The van der Waals surface area contributed by atoms with Gasteiger partial charge in [0.05, 0.1) is 0 Å². The van der Waals surface area contributed by atoms with Gasteiger partial charge in [0.15, 0.2) is 0 Å². The second-order valence-electron chi connectivity index (χ2n) is 8.90. The van der Waals surface area contributed by atoms with Crippen LogP contribution in [0.1, 0.15) is 75.0 Å². The van der Waals surface area contributed by atoms with Gasteiger partial charge in [0.25, 0.3) is 0 Å². The standard InChI is InChI=1S/C30H38O2/c1-7-11-15-21(5)17-27-23(13-9-3)25-19-26-24(14-10-4)28(18-22(6)16-12-8-2)32-30(26)20-29(25)31-27/h9-10,19-20H,3-8,11-18H2,1-2H3. The minimum absolute atomic E-state index is 0.779. The number of fused-ring (bicyclic) bond motifs is 2. The number of hydrogen-bond donors (Lipinski definition) is 0. The number of benzene rings is 1. The molecule has 0 aliphatic heterocycles. The van der Waals surface area contributed by atoms with Crippen LogP contribution in [-0.4, -0.2) is 0 Å². The predicted octanol–water partition coefficient (Wildman–Crippen LogP) is 9.21. The average Bonchev–Trinajstić information content (AvgIpc) is 3.26. The Morgan fingerprint density at radius 1 is 0.750 bits per heavy atom. The molecule has 0 atom stereocenters. The van der Waals surface area contributed by atoms with Crippen LogP contribution >= 0.6 is 0 Å². The van der Waals surface area contributed by atoms with Gasteiger partial charge in [-0.3, -0.25) is 0 Å². The van der Waals surface area contributed by atoms with Gasteiger partial charge in [0.1, 0.15) is 22.7 Å². The Morgan fingerprint density at radius 2 is 1.19 bits per heavy atom. The number of allylic oxidation sites excluding steroid dienone is 4. The maximum atomic E-state index is 6.35. The van der Waals surface area contributed by atoms with Crippen molar-refractivity contribution in [2.24, 2.45) is 0 Å². The molecule has 2 nitrogen and oxygen atoms in total. The second kappa shape index (κ2) is 11.2. The summed E-state index contributed by atoms with van der Waals surface area (Å²) in [6.45, 7) is 20.9. The van der Waals surface area contributed by atoms with Gasteiger partial charge in [-0.15, -0.1) is 13.2 Å². The van der Waals surface area contributed by atoms with Crippen LogP contribution in [0.15, 0.2) is 70.6 Å². The van der Waals surface area contributed by atoms with Gasteiger partial charge in [-0.2, -0.15) is 0 Å². The highest BCUT2D eigenvalue weighted by Crippen LogP contribution is 2.36. The topological polar surface area (TPSA) is 26.3 Å². The maximum Gasteiger partial charge on any atom is 0.138 e. The fourth-order valence-corrected chi connectivity index (χ4v) is 4.40. The predicted molar refractivity (Wildman–Crippen MR) is 139 cm³/mol. The fraction of sp³-hybridized carbons (Fsp3) is 0.400. The van der Waals surface area contributed by atoms with Crippen molar-refractivity contribution in [1.29, 1.82) is 0 Å². The summed E-state index contributed by atoms with van der Waals surface area (Å²) in [5, 5.41) is 2.30. The molecule has 2 heterocycles. The SMILES string of the molecule is C=CCc1c(CC(=C)CCCC)oc2cc3oc(CC(=C)CCCC)c(CC=C)c3cc12. The number of furan rings is 2. The van der Waals surface area contributed by atoms with Crippen LogP contribution in [0, 0.1) is 0 Å². The summed E-state index contributed by atoms with van der Waals surface area (Å²) in [7, 11) is 0. The van der Waals surface area contributed by atoms with Crippen LogP contribution < -0.4 is 0 Å². The van der Waals surface area contributed by atoms with E-state index in [1.807, 2.05) is 12.2 Å². The normalized spacial score (nSPS) is 11.3. The molecule has 0 saturated carbocycles. The van der Waals surface area contributed by atoms with Crippen LogP contribution in [0.3, 0.4) is 0 Å². The molecule has 0 amide bonds. The lowest BCUT2D eigenvalue weighted by molar-refractivity contribution is 0.543. The van der Waals surface area contributed by atoms with E-state index in [9.17, 15) is 0 Å². The molecule has 0 bridgehead atoms. The second-order valence-corrected chi connectivity index (χ2v) is 8.90. The zero-order valence-electron chi connectivity index (χ0n) is 20.0. The van der Waals surface area contributed by atoms with E-state index in [1.54, 1.807) is 0 Å². The van der Waals surface area contributed by atoms with Gasteiger partial charge in [-0.1, -0.05) is 63.1 Å². The third-order valence-electron chi connectivity index (χ3n) is 6.16. The van der Waals surface area contributed by atoms with Crippen molar-refractivity contribution in [2.45, 2.75) is 78.1 Å². The molecule has 0 saturated heterocycles. The average molecular weight is 431 g/mol. The summed E-state index contributed by atoms with van der Waals surface area (Å²) < 4.78 is 12.7. The minimum Gasteiger partial charge on any atom is -0.460 e. The van der Waals surface area contributed by atoms with Gasteiger partial charge >= 0.3 is 0 Å². The molecular weight excluding hydrogens is 392 g/mol. The summed E-state index contributed by atoms with van der Waals surface area (Å²) >= 11 is 0. The van der Waals surface area contributed by atoms with Crippen LogP contribution in [0.2, 0.25) is 0 Å². The molecule has 1 aromatic carbocycles. The third-order valence-corrected chi connectivity index (χ3v) is 6.16. The molecular formula is C30H38O2. The Kier molecular flexibility index (Phi) is 8.39. The maximum absolute atomic E-state index is 6.35. The lowest BCUT2D eigenvalue weighted by Gasteiger charge is -2.05. The van der Waals surface area contributed by atoms with Crippen molar-refractivity contribution in [3.05, 3.63) is 84.4 Å². The molecule has 3 aromatic rings. The molecule has 0 spiro atoms. The molecule has 32 heavy (non-hydrogen) atoms. The highest BCUT2D eigenvalue weighted by atomic mass is 16.3. The Balaban J connectivity index is 2.04. The summed E-state index contributed by atoms with van der Waals surface area (Å²) in [6, 6.07) is 4.30. The Labute approximate surface area is 193 Å². The summed E-state index contributed by atoms with van der Waals surface area (Å²) in [5.74, 6) is 2.01. The van der Waals surface area contributed by atoms with Crippen molar-refractivity contribution in [3.63, 3.8) is 0 Å². The van der Waals surface area contributed by atoms with E-state index >= 15 is 0 Å². The summed E-state index contributed by atoms with van der Waals surface area (Å²) in [4.78, 5) is 0. The molecule has 2 aromatic heterocycles. The van der Waals surface area contributed by atoms with Gasteiger partial charge < -0.3 is 8.83 Å². The molecule has 170 valence electrons. The molecule has 0 unspecified atom stereocenters. The van der Waals surface area contributed by atoms with Crippen molar-refractivity contribution in [1.82, 2.24) is 0 Å². The lowest BCUT2D eigenvalue weighted by atomic mass is 9.98. The van der Waals surface area contributed by atoms with Gasteiger partial charge in [0.2, 0.25) is 0 Å². The quantitative estimate of drug-likeness (QED) is 0.238. The van der Waals surface area contributed by atoms with Gasteiger partial charge in [-0.25, -0.2) is 0 Å². The number of unbranched alkanes of at least 4 members (excludes halogenated alkanes) is 2. The van der Waals surface area contributed by atoms with E-state index in [1.165, 1.54) is 48.0 Å². The summed E-state index contributed by atoms with van der Waals surface area (Å²) in [5.41, 5.74) is 6.63. The van der Waals surface area contributed by atoms with Crippen LogP contribution in [0.25, 0.3) is 21.9 Å². The smallest absolute Gasteiger partial charge is 0.138 e.